The van der Waals surface area contributed by atoms with Crippen LogP contribution in [0.5, 0.6) is 0 Å². The van der Waals surface area contributed by atoms with Gasteiger partial charge in [-0.1, -0.05) is 61.4 Å². The standard InChI is InChI=1S/C18H26N4O2S2/c1-18(2)15(22(24)16(23)19-13-9-5-3-6-10-13)21(17(25)26-18)20-14-11-7-4-8-12-14/h4,7-8,11-13,15,20,24H,3,5-6,9-10H2,1-2H3,(H,19,23)/t15-/m1/s1. The Morgan fingerprint density at radius 2 is 1.92 bits per heavy atom. The molecule has 0 spiro atoms. The Balaban J connectivity index is 1.74. The summed E-state index contributed by atoms with van der Waals surface area (Å²) in [7, 11) is 0. The first-order chi connectivity index (χ1) is 12.4. The van der Waals surface area contributed by atoms with E-state index in [0.717, 1.165) is 36.4 Å². The molecule has 8 heteroatoms. The fraction of sp³-hybridized carbons (Fsp3) is 0.556. The third-order valence-corrected chi connectivity index (χ3v) is 6.36. The van der Waals surface area contributed by atoms with Crippen molar-refractivity contribution in [1.82, 2.24) is 15.4 Å². The minimum Gasteiger partial charge on any atom is -0.333 e. The average Bonchev–Trinajstić information content (AvgIpc) is 2.84. The van der Waals surface area contributed by atoms with Gasteiger partial charge in [0.05, 0.1) is 10.4 Å². The highest BCUT2D eigenvalue weighted by Crippen LogP contribution is 2.42. The van der Waals surface area contributed by atoms with Gasteiger partial charge in [0.1, 0.15) is 0 Å². The van der Waals surface area contributed by atoms with E-state index < -0.39 is 16.9 Å². The van der Waals surface area contributed by atoms with Gasteiger partial charge in [-0.05, 0) is 38.8 Å². The van der Waals surface area contributed by atoms with Crippen molar-refractivity contribution in [3.8, 4) is 0 Å². The molecule has 0 radical (unpaired) electrons. The molecule has 1 aliphatic carbocycles. The molecule has 1 saturated heterocycles. The van der Waals surface area contributed by atoms with Gasteiger partial charge in [0.15, 0.2) is 10.5 Å². The van der Waals surface area contributed by atoms with Crippen LogP contribution in [0, 0.1) is 0 Å². The molecular weight excluding hydrogens is 368 g/mol. The summed E-state index contributed by atoms with van der Waals surface area (Å²) in [5.74, 6) is 0. The molecule has 3 N–H and O–H groups in total. The van der Waals surface area contributed by atoms with E-state index in [2.05, 4.69) is 10.7 Å². The van der Waals surface area contributed by atoms with E-state index in [1.54, 1.807) is 5.01 Å². The zero-order valence-corrected chi connectivity index (χ0v) is 16.8. The highest BCUT2D eigenvalue weighted by Gasteiger charge is 2.50. The Labute approximate surface area is 164 Å². The lowest BCUT2D eigenvalue weighted by molar-refractivity contribution is -0.115. The fourth-order valence-corrected chi connectivity index (χ4v) is 5.29. The largest absolute Gasteiger partial charge is 0.343 e. The van der Waals surface area contributed by atoms with Crippen LogP contribution >= 0.6 is 24.0 Å². The van der Waals surface area contributed by atoms with E-state index in [0.29, 0.717) is 4.32 Å². The Kier molecular flexibility index (Phi) is 5.94. The number of urea groups is 1. The van der Waals surface area contributed by atoms with E-state index in [4.69, 9.17) is 12.2 Å². The maximum Gasteiger partial charge on any atom is 0.343 e. The molecular formula is C18H26N4O2S2. The number of nitrogens with zero attached hydrogens (tertiary/aromatic N) is 2. The molecule has 0 aromatic heterocycles. The van der Waals surface area contributed by atoms with Crippen LogP contribution in [0.1, 0.15) is 46.0 Å². The van der Waals surface area contributed by atoms with Gasteiger partial charge in [-0.15, -0.1) is 0 Å². The number of para-hydroxylation sites is 1. The smallest absolute Gasteiger partial charge is 0.333 e. The minimum atomic E-state index is -0.621. The van der Waals surface area contributed by atoms with Crippen molar-refractivity contribution in [3.05, 3.63) is 30.3 Å². The van der Waals surface area contributed by atoms with Crippen molar-refractivity contribution in [3.63, 3.8) is 0 Å². The molecule has 1 aromatic carbocycles. The van der Waals surface area contributed by atoms with Crippen LogP contribution in [0.3, 0.4) is 0 Å². The number of hydrogen-bond donors (Lipinski definition) is 3. The second kappa shape index (κ2) is 8.02. The first kappa shape index (κ1) is 19.3. The summed E-state index contributed by atoms with van der Waals surface area (Å²) in [5, 5.41) is 16.2. The first-order valence-corrected chi connectivity index (χ1v) is 10.2. The molecule has 0 unspecified atom stereocenters. The van der Waals surface area contributed by atoms with Crippen molar-refractivity contribution >= 4 is 40.0 Å². The molecule has 3 rings (SSSR count). The van der Waals surface area contributed by atoms with Gasteiger partial charge in [0.2, 0.25) is 0 Å². The number of hydrazine groups is 1. The number of carbonyl (C=O) groups excluding carboxylic acids is 1. The predicted octanol–water partition coefficient (Wildman–Crippen LogP) is 4.19. The van der Waals surface area contributed by atoms with Gasteiger partial charge >= 0.3 is 6.03 Å². The summed E-state index contributed by atoms with van der Waals surface area (Å²) in [6.07, 6.45) is 4.76. The van der Waals surface area contributed by atoms with Crippen molar-refractivity contribution in [2.75, 3.05) is 5.43 Å². The van der Waals surface area contributed by atoms with Gasteiger partial charge in [0, 0.05) is 6.04 Å². The molecule has 1 heterocycles. The van der Waals surface area contributed by atoms with Gasteiger partial charge < -0.3 is 5.32 Å². The van der Waals surface area contributed by atoms with Crippen LogP contribution in [0.25, 0.3) is 0 Å². The summed E-state index contributed by atoms with van der Waals surface area (Å²) in [4.78, 5) is 12.6. The summed E-state index contributed by atoms with van der Waals surface area (Å²) < 4.78 is 0.130. The number of amides is 2. The SMILES string of the molecule is CC1(C)SC(=S)N(Nc2ccccc2)[C@@H]1N(O)C(=O)NC1CCCCC1. The molecule has 1 saturated carbocycles. The number of anilines is 1. The van der Waals surface area contributed by atoms with Gasteiger partial charge in [0.25, 0.3) is 0 Å². The van der Waals surface area contributed by atoms with Crippen molar-refractivity contribution < 1.29 is 10.0 Å². The highest BCUT2D eigenvalue weighted by atomic mass is 32.2. The van der Waals surface area contributed by atoms with Gasteiger partial charge in [-0.3, -0.25) is 10.6 Å². The normalized spacial score (nSPS) is 23.0. The number of hydrogen-bond acceptors (Lipinski definition) is 5. The Morgan fingerprint density at radius 3 is 2.58 bits per heavy atom. The van der Waals surface area contributed by atoms with E-state index in [-0.39, 0.29) is 6.04 Å². The zero-order chi connectivity index (χ0) is 18.7. The van der Waals surface area contributed by atoms with Crippen LogP contribution in [0.2, 0.25) is 0 Å². The highest BCUT2D eigenvalue weighted by molar-refractivity contribution is 8.24. The lowest BCUT2D eigenvalue weighted by Gasteiger charge is -2.37. The molecule has 142 valence electrons. The minimum absolute atomic E-state index is 0.130. The monoisotopic (exact) mass is 394 g/mol. The predicted molar refractivity (Wildman–Crippen MR) is 109 cm³/mol. The van der Waals surface area contributed by atoms with Crippen molar-refractivity contribution in [2.45, 2.75) is 62.9 Å². The summed E-state index contributed by atoms with van der Waals surface area (Å²) in [6, 6.07) is 9.26. The van der Waals surface area contributed by atoms with Crippen LogP contribution in [-0.4, -0.2) is 42.6 Å². The summed E-state index contributed by atoms with van der Waals surface area (Å²) >= 11 is 6.95. The fourth-order valence-electron chi connectivity index (χ4n) is 3.50. The molecule has 2 fully saturated rings. The molecule has 2 aliphatic rings. The Morgan fingerprint density at radius 1 is 1.27 bits per heavy atom. The third kappa shape index (κ3) is 4.24. The third-order valence-electron chi connectivity index (χ3n) is 4.81. The second-order valence-electron chi connectivity index (χ2n) is 7.32. The van der Waals surface area contributed by atoms with E-state index in [1.807, 2.05) is 44.2 Å². The van der Waals surface area contributed by atoms with E-state index >= 15 is 0 Å². The molecule has 6 nitrogen and oxygen atoms in total. The second-order valence-corrected chi connectivity index (χ2v) is 9.61. The number of thioether (sulfide) groups is 1. The van der Waals surface area contributed by atoms with Crippen LogP contribution in [0.4, 0.5) is 10.5 Å². The lowest BCUT2D eigenvalue weighted by atomic mass is 9.96. The molecule has 2 amide bonds. The molecule has 0 bridgehead atoms. The number of benzene rings is 1. The average molecular weight is 395 g/mol. The number of rotatable bonds is 4. The molecule has 1 atom stereocenters. The maximum atomic E-state index is 12.6. The van der Waals surface area contributed by atoms with Gasteiger partial charge in [-0.2, -0.15) is 5.06 Å². The number of carbonyl (C=O) groups is 1. The Hall–Kier alpha value is -1.51. The number of thiocarbonyl (C=S) groups is 1. The Bertz CT molecular complexity index is 650. The van der Waals surface area contributed by atoms with Crippen LogP contribution in [0.15, 0.2) is 30.3 Å². The van der Waals surface area contributed by atoms with Crippen molar-refractivity contribution in [2.24, 2.45) is 0 Å². The number of hydroxylamine groups is 2. The van der Waals surface area contributed by atoms with Crippen molar-refractivity contribution in [1.29, 1.82) is 0 Å². The maximum absolute atomic E-state index is 12.6. The zero-order valence-electron chi connectivity index (χ0n) is 15.1. The first-order valence-electron chi connectivity index (χ1n) is 9.01. The quantitative estimate of drug-likeness (QED) is 0.404. The van der Waals surface area contributed by atoms with E-state index in [9.17, 15) is 10.0 Å². The molecule has 1 aromatic rings. The van der Waals surface area contributed by atoms with Gasteiger partial charge in [-0.25, -0.2) is 9.80 Å². The summed E-state index contributed by atoms with van der Waals surface area (Å²) in [5.41, 5.74) is 4.07. The summed E-state index contributed by atoms with van der Waals surface area (Å²) in [6.45, 7) is 3.94. The van der Waals surface area contributed by atoms with Crippen LogP contribution < -0.4 is 10.7 Å². The number of nitrogens with one attached hydrogen (secondary N) is 2. The van der Waals surface area contributed by atoms with E-state index in [1.165, 1.54) is 18.2 Å². The lowest BCUT2D eigenvalue weighted by Crippen LogP contribution is -2.59. The topological polar surface area (TPSA) is 67.8 Å². The molecule has 1 aliphatic heterocycles. The van der Waals surface area contributed by atoms with Crippen LogP contribution in [-0.2, 0) is 0 Å². The molecule has 26 heavy (non-hydrogen) atoms.